The summed E-state index contributed by atoms with van der Waals surface area (Å²) in [5.74, 6) is 1.03. The first-order chi connectivity index (χ1) is 7.72. The Morgan fingerprint density at radius 3 is 2.88 bits per heavy atom. The molecule has 1 aliphatic carbocycles. The lowest BCUT2D eigenvalue weighted by Crippen LogP contribution is -2.22. The van der Waals surface area contributed by atoms with Gasteiger partial charge in [-0.1, -0.05) is 18.5 Å². The van der Waals surface area contributed by atoms with E-state index < -0.39 is 0 Å². The van der Waals surface area contributed by atoms with Gasteiger partial charge in [0.1, 0.15) is 5.82 Å². The highest BCUT2D eigenvalue weighted by molar-refractivity contribution is 6.31. The molecule has 1 aromatic heterocycles. The standard InChI is InChI=1S/C12H18ClN3/c1-3-14-8-11-10(13)6-7-12(15-11)16(2)9-4-5-9/h6-7,9,14H,3-5,8H2,1-2H3. The monoisotopic (exact) mass is 239 g/mol. The number of anilines is 1. The second-order valence-electron chi connectivity index (χ2n) is 4.22. The molecule has 0 amide bonds. The van der Waals surface area contributed by atoms with Crippen molar-refractivity contribution in [2.75, 3.05) is 18.5 Å². The second-order valence-corrected chi connectivity index (χ2v) is 4.63. The highest BCUT2D eigenvalue weighted by Crippen LogP contribution is 2.30. The van der Waals surface area contributed by atoms with Gasteiger partial charge in [-0.3, -0.25) is 0 Å². The maximum atomic E-state index is 6.11. The van der Waals surface area contributed by atoms with Gasteiger partial charge in [-0.05, 0) is 31.5 Å². The first kappa shape index (κ1) is 11.7. The van der Waals surface area contributed by atoms with Crippen LogP contribution in [0.3, 0.4) is 0 Å². The molecule has 16 heavy (non-hydrogen) atoms. The molecule has 1 saturated carbocycles. The summed E-state index contributed by atoms with van der Waals surface area (Å²) in [7, 11) is 2.10. The molecule has 3 nitrogen and oxygen atoms in total. The van der Waals surface area contributed by atoms with Crippen molar-refractivity contribution in [2.24, 2.45) is 0 Å². The van der Waals surface area contributed by atoms with Crippen molar-refractivity contribution in [1.29, 1.82) is 0 Å². The molecule has 1 aliphatic rings. The van der Waals surface area contributed by atoms with Gasteiger partial charge in [0.05, 0.1) is 10.7 Å². The van der Waals surface area contributed by atoms with E-state index in [0.717, 1.165) is 29.6 Å². The Labute approximate surface area is 102 Å². The van der Waals surface area contributed by atoms with Gasteiger partial charge in [0.2, 0.25) is 0 Å². The molecular weight excluding hydrogens is 222 g/mol. The van der Waals surface area contributed by atoms with Crippen LogP contribution in [0.25, 0.3) is 0 Å². The van der Waals surface area contributed by atoms with E-state index in [0.29, 0.717) is 6.04 Å². The van der Waals surface area contributed by atoms with E-state index in [1.807, 2.05) is 12.1 Å². The summed E-state index contributed by atoms with van der Waals surface area (Å²) in [5.41, 5.74) is 0.938. The van der Waals surface area contributed by atoms with E-state index in [-0.39, 0.29) is 0 Å². The van der Waals surface area contributed by atoms with Crippen LogP contribution in [0.4, 0.5) is 5.82 Å². The average Bonchev–Trinajstić information content (AvgIpc) is 3.11. The Bertz CT molecular complexity index is 363. The van der Waals surface area contributed by atoms with Crippen LogP contribution in [0.15, 0.2) is 12.1 Å². The molecule has 1 aromatic rings. The van der Waals surface area contributed by atoms with Crippen LogP contribution < -0.4 is 10.2 Å². The van der Waals surface area contributed by atoms with Crippen molar-refractivity contribution in [3.05, 3.63) is 22.8 Å². The van der Waals surface area contributed by atoms with Crippen LogP contribution in [-0.2, 0) is 6.54 Å². The summed E-state index contributed by atoms with van der Waals surface area (Å²) in [6, 6.07) is 4.62. The maximum Gasteiger partial charge on any atom is 0.128 e. The molecule has 4 heteroatoms. The summed E-state index contributed by atoms with van der Waals surface area (Å²) in [6.07, 6.45) is 2.56. The number of aromatic nitrogens is 1. The number of hydrogen-bond donors (Lipinski definition) is 1. The van der Waals surface area contributed by atoms with Crippen molar-refractivity contribution < 1.29 is 0 Å². The summed E-state index contributed by atoms with van der Waals surface area (Å²) >= 11 is 6.11. The SMILES string of the molecule is CCNCc1nc(N(C)C2CC2)ccc1Cl. The predicted molar refractivity (Wildman–Crippen MR) is 68.1 cm³/mol. The lowest BCUT2D eigenvalue weighted by atomic mass is 10.3. The van der Waals surface area contributed by atoms with Gasteiger partial charge in [-0.25, -0.2) is 4.98 Å². The van der Waals surface area contributed by atoms with Crippen molar-refractivity contribution >= 4 is 17.4 Å². The van der Waals surface area contributed by atoms with E-state index in [9.17, 15) is 0 Å². The first-order valence-electron chi connectivity index (χ1n) is 5.81. The molecule has 88 valence electrons. The lowest BCUT2D eigenvalue weighted by molar-refractivity contribution is 0.708. The highest BCUT2D eigenvalue weighted by Gasteiger charge is 2.27. The van der Waals surface area contributed by atoms with E-state index in [1.165, 1.54) is 12.8 Å². The number of halogens is 1. The third-order valence-electron chi connectivity index (χ3n) is 2.90. The Kier molecular flexibility index (Phi) is 3.66. The molecule has 0 spiro atoms. The highest BCUT2D eigenvalue weighted by atomic mass is 35.5. The molecule has 0 radical (unpaired) electrons. The Balaban J connectivity index is 2.13. The average molecular weight is 240 g/mol. The quantitative estimate of drug-likeness (QED) is 0.856. The zero-order valence-electron chi connectivity index (χ0n) is 9.83. The van der Waals surface area contributed by atoms with E-state index >= 15 is 0 Å². The van der Waals surface area contributed by atoms with Gasteiger partial charge in [-0.15, -0.1) is 0 Å². The molecule has 0 bridgehead atoms. The zero-order valence-corrected chi connectivity index (χ0v) is 10.6. The van der Waals surface area contributed by atoms with Gasteiger partial charge >= 0.3 is 0 Å². The number of rotatable bonds is 5. The molecule has 0 aromatic carbocycles. The Hall–Kier alpha value is -0.800. The lowest BCUT2D eigenvalue weighted by Gasteiger charge is -2.18. The van der Waals surface area contributed by atoms with Gasteiger partial charge in [0, 0.05) is 19.6 Å². The van der Waals surface area contributed by atoms with Crippen LogP contribution in [0.1, 0.15) is 25.5 Å². The van der Waals surface area contributed by atoms with E-state index in [1.54, 1.807) is 0 Å². The fourth-order valence-corrected chi connectivity index (χ4v) is 1.86. The first-order valence-corrected chi connectivity index (χ1v) is 6.19. The smallest absolute Gasteiger partial charge is 0.128 e. The Morgan fingerprint density at radius 1 is 1.50 bits per heavy atom. The fraction of sp³-hybridized carbons (Fsp3) is 0.583. The third kappa shape index (κ3) is 2.66. The van der Waals surface area contributed by atoms with E-state index in [4.69, 9.17) is 11.6 Å². The van der Waals surface area contributed by atoms with Crippen molar-refractivity contribution in [3.8, 4) is 0 Å². The molecule has 1 N–H and O–H groups in total. The van der Waals surface area contributed by atoms with Crippen LogP contribution >= 0.6 is 11.6 Å². The topological polar surface area (TPSA) is 28.2 Å². The van der Waals surface area contributed by atoms with E-state index in [2.05, 4.69) is 29.2 Å². The second kappa shape index (κ2) is 5.02. The molecule has 0 saturated heterocycles. The third-order valence-corrected chi connectivity index (χ3v) is 3.25. The van der Waals surface area contributed by atoms with Gasteiger partial charge in [0.15, 0.2) is 0 Å². The number of hydrogen-bond acceptors (Lipinski definition) is 3. The van der Waals surface area contributed by atoms with Gasteiger partial charge in [-0.2, -0.15) is 0 Å². The molecule has 0 atom stereocenters. The minimum absolute atomic E-state index is 0.681. The minimum atomic E-state index is 0.681. The van der Waals surface area contributed by atoms with Crippen LogP contribution in [0, 0.1) is 0 Å². The molecule has 1 fully saturated rings. The number of pyridine rings is 1. The summed E-state index contributed by atoms with van der Waals surface area (Å²) in [6.45, 7) is 3.75. The van der Waals surface area contributed by atoms with Crippen LogP contribution in [0.2, 0.25) is 5.02 Å². The Morgan fingerprint density at radius 2 is 2.25 bits per heavy atom. The summed E-state index contributed by atoms with van der Waals surface area (Å²) < 4.78 is 0. The normalized spacial score (nSPS) is 15.2. The molecule has 0 unspecified atom stereocenters. The number of nitrogens with one attached hydrogen (secondary N) is 1. The molecule has 1 heterocycles. The minimum Gasteiger partial charge on any atom is -0.357 e. The van der Waals surface area contributed by atoms with Gasteiger partial charge < -0.3 is 10.2 Å². The maximum absolute atomic E-state index is 6.11. The van der Waals surface area contributed by atoms with Crippen molar-refractivity contribution in [2.45, 2.75) is 32.4 Å². The molecule has 0 aliphatic heterocycles. The van der Waals surface area contributed by atoms with Gasteiger partial charge in [0.25, 0.3) is 0 Å². The van der Waals surface area contributed by atoms with Crippen LogP contribution in [0.5, 0.6) is 0 Å². The van der Waals surface area contributed by atoms with Crippen molar-refractivity contribution in [1.82, 2.24) is 10.3 Å². The van der Waals surface area contributed by atoms with Crippen molar-refractivity contribution in [3.63, 3.8) is 0 Å². The predicted octanol–water partition coefficient (Wildman–Crippen LogP) is 2.44. The van der Waals surface area contributed by atoms with Crippen LogP contribution in [-0.4, -0.2) is 24.6 Å². The number of nitrogens with zero attached hydrogens (tertiary/aromatic N) is 2. The molecular formula is C12H18ClN3. The zero-order chi connectivity index (χ0) is 11.5. The largest absolute Gasteiger partial charge is 0.357 e. The summed E-state index contributed by atoms with van der Waals surface area (Å²) in [4.78, 5) is 6.84. The molecule has 2 rings (SSSR count). The summed E-state index contributed by atoms with van der Waals surface area (Å²) in [5, 5.41) is 4.00. The fourth-order valence-electron chi connectivity index (χ4n) is 1.69.